The third-order valence-corrected chi connectivity index (χ3v) is 5.97. The van der Waals surface area contributed by atoms with Crippen molar-refractivity contribution in [2.45, 2.75) is 44.2 Å². The molecule has 3 aromatic heterocycles. The average molecular weight is 425 g/mol. The Hall–Kier alpha value is -3.81. The van der Waals surface area contributed by atoms with Crippen LogP contribution in [0.5, 0.6) is 0 Å². The molecular weight excluding hydrogens is 402 g/mol. The van der Waals surface area contributed by atoms with E-state index in [9.17, 15) is 4.79 Å². The van der Waals surface area contributed by atoms with Gasteiger partial charge in [0.25, 0.3) is 5.91 Å². The molecule has 2 saturated carbocycles. The Balaban J connectivity index is 1.33. The summed E-state index contributed by atoms with van der Waals surface area (Å²) in [5.74, 6) is 1.21. The molecule has 0 spiro atoms. The molecular formula is C24H23N7O. The molecule has 160 valence electrons. The fraction of sp³-hybridized carbons (Fsp3) is 0.292. The van der Waals surface area contributed by atoms with E-state index in [4.69, 9.17) is 4.98 Å². The summed E-state index contributed by atoms with van der Waals surface area (Å²) in [4.78, 5) is 21.9. The van der Waals surface area contributed by atoms with Crippen molar-refractivity contribution in [1.82, 2.24) is 34.6 Å². The van der Waals surface area contributed by atoms with E-state index < -0.39 is 0 Å². The number of imidazole rings is 1. The number of rotatable bonds is 7. The Morgan fingerprint density at radius 3 is 2.69 bits per heavy atom. The number of nitrogens with one attached hydrogen (secondary N) is 1. The minimum absolute atomic E-state index is 0.126. The van der Waals surface area contributed by atoms with Crippen molar-refractivity contribution >= 4 is 5.91 Å². The third-order valence-electron chi connectivity index (χ3n) is 5.97. The van der Waals surface area contributed by atoms with Gasteiger partial charge in [-0.2, -0.15) is 0 Å². The maximum atomic E-state index is 12.5. The quantitative estimate of drug-likeness (QED) is 0.488. The van der Waals surface area contributed by atoms with E-state index >= 15 is 0 Å². The minimum atomic E-state index is -0.126. The molecule has 0 aliphatic heterocycles. The van der Waals surface area contributed by atoms with E-state index in [1.807, 2.05) is 41.2 Å². The number of amides is 1. The minimum Gasteiger partial charge on any atom is -0.346 e. The summed E-state index contributed by atoms with van der Waals surface area (Å²) in [6, 6.07) is 13.7. The molecule has 32 heavy (non-hydrogen) atoms. The number of carbonyl (C=O) groups excluding carboxylic acids is 1. The van der Waals surface area contributed by atoms with Gasteiger partial charge in [0.1, 0.15) is 12.0 Å². The molecule has 3 heterocycles. The fourth-order valence-electron chi connectivity index (χ4n) is 3.90. The number of hydrogen-bond donors (Lipinski definition) is 1. The van der Waals surface area contributed by atoms with Gasteiger partial charge in [-0.25, -0.2) is 9.97 Å². The van der Waals surface area contributed by atoms with Gasteiger partial charge in [0.15, 0.2) is 5.82 Å². The van der Waals surface area contributed by atoms with Crippen molar-refractivity contribution in [3.05, 3.63) is 78.3 Å². The molecule has 0 saturated heterocycles. The molecule has 0 atom stereocenters. The number of pyridine rings is 1. The zero-order chi connectivity index (χ0) is 21.5. The second-order valence-corrected chi connectivity index (χ2v) is 8.52. The lowest BCUT2D eigenvalue weighted by molar-refractivity contribution is 0.0950. The van der Waals surface area contributed by atoms with Gasteiger partial charge in [0.05, 0.1) is 29.9 Å². The van der Waals surface area contributed by atoms with Gasteiger partial charge < -0.3 is 14.5 Å². The number of nitrogens with zero attached hydrogens (tertiary/aromatic N) is 6. The highest BCUT2D eigenvalue weighted by molar-refractivity contribution is 5.94. The van der Waals surface area contributed by atoms with Gasteiger partial charge in [-0.15, -0.1) is 10.2 Å². The normalized spacial score (nSPS) is 15.6. The van der Waals surface area contributed by atoms with Gasteiger partial charge in [-0.3, -0.25) is 4.79 Å². The predicted molar refractivity (Wildman–Crippen MR) is 118 cm³/mol. The van der Waals surface area contributed by atoms with Crippen LogP contribution in [0.3, 0.4) is 0 Å². The van der Waals surface area contributed by atoms with Crippen LogP contribution in [0.2, 0.25) is 0 Å². The molecule has 2 fully saturated rings. The van der Waals surface area contributed by atoms with Crippen LogP contribution >= 0.6 is 0 Å². The summed E-state index contributed by atoms with van der Waals surface area (Å²) in [6.45, 7) is 0.316. The number of aromatic nitrogens is 6. The average Bonchev–Trinajstić information content (AvgIpc) is 3.77. The summed E-state index contributed by atoms with van der Waals surface area (Å²) in [6.07, 6.45) is 10.4. The monoisotopic (exact) mass is 425 g/mol. The van der Waals surface area contributed by atoms with E-state index in [0.717, 1.165) is 41.4 Å². The summed E-state index contributed by atoms with van der Waals surface area (Å²) in [7, 11) is 0. The summed E-state index contributed by atoms with van der Waals surface area (Å²) in [5, 5.41) is 11.5. The van der Waals surface area contributed by atoms with Crippen LogP contribution in [0.4, 0.5) is 0 Å². The van der Waals surface area contributed by atoms with Crippen LogP contribution in [0.25, 0.3) is 17.2 Å². The predicted octanol–water partition coefficient (Wildman–Crippen LogP) is 3.67. The van der Waals surface area contributed by atoms with E-state index in [1.54, 1.807) is 18.5 Å². The Morgan fingerprint density at radius 1 is 1.06 bits per heavy atom. The summed E-state index contributed by atoms with van der Waals surface area (Å²) in [5.41, 5.74) is 4.21. The summed E-state index contributed by atoms with van der Waals surface area (Å²) < 4.78 is 4.13. The number of hydrogen-bond acceptors (Lipinski definition) is 5. The fourth-order valence-corrected chi connectivity index (χ4v) is 3.90. The van der Waals surface area contributed by atoms with Crippen molar-refractivity contribution in [3.8, 4) is 17.2 Å². The molecule has 0 radical (unpaired) electrons. The van der Waals surface area contributed by atoms with Crippen molar-refractivity contribution in [1.29, 1.82) is 0 Å². The van der Waals surface area contributed by atoms with E-state index in [-0.39, 0.29) is 5.91 Å². The van der Waals surface area contributed by atoms with Gasteiger partial charge in [0.2, 0.25) is 0 Å². The Kier molecular flexibility index (Phi) is 4.56. The smallest absolute Gasteiger partial charge is 0.251 e. The van der Waals surface area contributed by atoms with Crippen molar-refractivity contribution in [2.75, 3.05) is 0 Å². The largest absolute Gasteiger partial charge is 0.346 e. The molecule has 6 rings (SSSR count). The summed E-state index contributed by atoms with van der Waals surface area (Å²) >= 11 is 0. The Labute approximate surface area is 185 Å². The molecule has 1 aromatic carbocycles. The lowest BCUT2D eigenvalue weighted by atomic mass is 10.2. The Morgan fingerprint density at radius 2 is 1.91 bits per heavy atom. The molecule has 1 N–H and O–H groups in total. The third kappa shape index (κ3) is 3.79. The van der Waals surface area contributed by atoms with Gasteiger partial charge in [-0.1, -0.05) is 18.2 Å². The molecule has 2 aliphatic carbocycles. The highest BCUT2D eigenvalue weighted by Gasteiger charge is 2.28. The van der Waals surface area contributed by atoms with Gasteiger partial charge in [0, 0.05) is 23.7 Å². The van der Waals surface area contributed by atoms with Crippen LogP contribution in [-0.2, 0) is 6.54 Å². The highest BCUT2D eigenvalue weighted by atomic mass is 16.1. The maximum Gasteiger partial charge on any atom is 0.251 e. The molecule has 4 aromatic rings. The van der Waals surface area contributed by atoms with Crippen molar-refractivity contribution < 1.29 is 4.79 Å². The van der Waals surface area contributed by atoms with Gasteiger partial charge in [-0.05, 0) is 49.9 Å². The van der Waals surface area contributed by atoms with E-state index in [0.29, 0.717) is 24.1 Å². The molecule has 8 nitrogen and oxygen atoms in total. The molecule has 8 heteroatoms. The first kappa shape index (κ1) is 18.9. The van der Waals surface area contributed by atoms with Crippen LogP contribution < -0.4 is 5.32 Å². The second kappa shape index (κ2) is 7.71. The van der Waals surface area contributed by atoms with Gasteiger partial charge >= 0.3 is 0 Å². The molecule has 0 bridgehead atoms. The van der Waals surface area contributed by atoms with Crippen LogP contribution in [0, 0.1) is 0 Å². The van der Waals surface area contributed by atoms with E-state index in [1.165, 1.54) is 12.8 Å². The first-order chi connectivity index (χ1) is 15.7. The molecule has 0 unspecified atom stereocenters. The number of carbonyl (C=O) groups is 1. The standard InChI is InChI=1S/C24H23N7O/c32-24(17-4-2-1-3-5-17)25-12-18-10-20(30-13-22(26-14-30)16-6-7-16)11-21(28-18)23-29-27-15-31(23)19-8-9-19/h1-5,10-11,13-16,19H,6-9,12H2,(H,25,32). The zero-order valence-electron chi connectivity index (χ0n) is 17.6. The topological polar surface area (TPSA) is 90.5 Å². The first-order valence-electron chi connectivity index (χ1n) is 11.0. The van der Waals surface area contributed by atoms with Crippen LogP contribution in [0.15, 0.2) is 61.3 Å². The lowest BCUT2D eigenvalue weighted by Gasteiger charge is -2.11. The van der Waals surface area contributed by atoms with Crippen LogP contribution in [-0.4, -0.2) is 35.2 Å². The van der Waals surface area contributed by atoms with Crippen LogP contribution in [0.1, 0.15) is 59.4 Å². The SMILES string of the molecule is O=C(NCc1cc(-n2cnc(C3CC3)c2)cc(-c2nncn2C2CC2)n1)c1ccccc1. The molecule has 1 amide bonds. The van der Waals surface area contributed by atoms with Crippen molar-refractivity contribution in [3.63, 3.8) is 0 Å². The highest BCUT2D eigenvalue weighted by Crippen LogP contribution is 2.39. The Bertz CT molecular complexity index is 1270. The number of benzene rings is 1. The van der Waals surface area contributed by atoms with Crippen molar-refractivity contribution in [2.24, 2.45) is 0 Å². The maximum absolute atomic E-state index is 12.5. The molecule has 2 aliphatic rings. The second-order valence-electron chi connectivity index (χ2n) is 8.52. The zero-order valence-corrected chi connectivity index (χ0v) is 17.6. The first-order valence-corrected chi connectivity index (χ1v) is 11.0. The van der Waals surface area contributed by atoms with E-state index in [2.05, 4.69) is 31.3 Å². The lowest BCUT2D eigenvalue weighted by Crippen LogP contribution is -2.23.